The highest BCUT2D eigenvalue weighted by Crippen LogP contribution is 2.12. The Hall–Kier alpha value is -2.67. The van der Waals surface area contributed by atoms with Crippen molar-refractivity contribution >= 4 is 11.7 Å². The molecule has 6 nitrogen and oxygen atoms in total. The fraction of sp³-hybridized carbons (Fsp3) is 0.200. The van der Waals surface area contributed by atoms with Crippen LogP contribution in [0.1, 0.15) is 10.4 Å². The third-order valence-electron chi connectivity index (χ3n) is 1.93. The van der Waals surface area contributed by atoms with Gasteiger partial charge in [0.15, 0.2) is 0 Å². The van der Waals surface area contributed by atoms with Gasteiger partial charge in [-0.2, -0.15) is 10.5 Å². The average molecular weight is 233 g/mol. The van der Waals surface area contributed by atoms with E-state index in [1.54, 1.807) is 12.1 Å². The molecular formula is C10H8FN5O. The van der Waals surface area contributed by atoms with Gasteiger partial charge in [-0.3, -0.25) is 4.79 Å². The highest BCUT2D eigenvalue weighted by Gasteiger charge is 2.19. The fourth-order valence-electron chi connectivity index (χ4n) is 1.16. The van der Waals surface area contributed by atoms with Gasteiger partial charge in [0.05, 0.1) is 23.9 Å². The zero-order valence-corrected chi connectivity index (χ0v) is 8.72. The van der Waals surface area contributed by atoms with E-state index in [4.69, 9.17) is 16.3 Å². The zero-order valence-electron chi connectivity index (χ0n) is 8.72. The first kappa shape index (κ1) is 12.4. The lowest BCUT2D eigenvalue weighted by Crippen LogP contribution is -2.32. The molecule has 1 amide bonds. The topological polar surface area (TPSA) is 107 Å². The lowest BCUT2D eigenvalue weighted by molar-refractivity contribution is 0.0795. The molecule has 17 heavy (non-hydrogen) atoms. The first-order valence-corrected chi connectivity index (χ1v) is 4.54. The van der Waals surface area contributed by atoms with Crippen molar-refractivity contribution in [2.45, 2.75) is 0 Å². The van der Waals surface area contributed by atoms with Gasteiger partial charge in [0, 0.05) is 0 Å². The van der Waals surface area contributed by atoms with Gasteiger partial charge in [0.2, 0.25) is 0 Å². The van der Waals surface area contributed by atoms with Crippen molar-refractivity contribution in [1.82, 2.24) is 9.88 Å². The first-order valence-electron chi connectivity index (χ1n) is 4.54. The highest BCUT2D eigenvalue weighted by molar-refractivity contribution is 5.98. The summed E-state index contributed by atoms with van der Waals surface area (Å²) >= 11 is 0. The Morgan fingerprint density at radius 2 is 2.06 bits per heavy atom. The molecule has 1 rings (SSSR count). The van der Waals surface area contributed by atoms with E-state index < -0.39 is 11.7 Å². The SMILES string of the molecule is N#CCN(CC#N)C(=O)c1cc(F)cnc1N. The Bertz CT molecular complexity index is 500. The molecular weight excluding hydrogens is 225 g/mol. The molecule has 0 aliphatic rings. The van der Waals surface area contributed by atoms with Gasteiger partial charge in [0.25, 0.3) is 5.91 Å². The number of carbonyl (C=O) groups excluding carboxylic acids is 1. The highest BCUT2D eigenvalue weighted by atomic mass is 19.1. The molecule has 2 N–H and O–H groups in total. The third-order valence-corrected chi connectivity index (χ3v) is 1.93. The molecule has 0 saturated heterocycles. The lowest BCUT2D eigenvalue weighted by Gasteiger charge is -2.16. The van der Waals surface area contributed by atoms with Crippen molar-refractivity contribution in [2.24, 2.45) is 0 Å². The van der Waals surface area contributed by atoms with Gasteiger partial charge >= 0.3 is 0 Å². The molecule has 1 aromatic rings. The second-order valence-electron chi connectivity index (χ2n) is 3.06. The minimum absolute atomic E-state index is 0.141. The van der Waals surface area contributed by atoms with Crippen LogP contribution in [0, 0.1) is 28.5 Å². The Morgan fingerprint density at radius 3 is 2.59 bits per heavy atom. The molecule has 0 aliphatic heterocycles. The number of rotatable bonds is 3. The van der Waals surface area contributed by atoms with E-state index >= 15 is 0 Å². The Morgan fingerprint density at radius 1 is 1.47 bits per heavy atom. The molecule has 7 heteroatoms. The Labute approximate surface area is 96.7 Å². The normalized spacial score (nSPS) is 9.12. The first-order chi connectivity index (χ1) is 8.10. The van der Waals surface area contributed by atoms with Crippen molar-refractivity contribution in [3.63, 3.8) is 0 Å². The molecule has 0 saturated carbocycles. The predicted molar refractivity (Wildman–Crippen MR) is 55.7 cm³/mol. The number of halogens is 1. The maximum Gasteiger partial charge on any atom is 0.259 e. The third kappa shape index (κ3) is 2.89. The van der Waals surface area contributed by atoms with Crippen molar-refractivity contribution in [3.8, 4) is 12.1 Å². The fourth-order valence-corrected chi connectivity index (χ4v) is 1.16. The second-order valence-corrected chi connectivity index (χ2v) is 3.06. The number of amides is 1. The van der Waals surface area contributed by atoms with Gasteiger partial charge in [0.1, 0.15) is 24.7 Å². The van der Waals surface area contributed by atoms with E-state index in [0.29, 0.717) is 0 Å². The number of anilines is 1. The van der Waals surface area contributed by atoms with Crippen molar-refractivity contribution in [2.75, 3.05) is 18.8 Å². The van der Waals surface area contributed by atoms with Crippen LogP contribution < -0.4 is 5.73 Å². The molecule has 0 unspecified atom stereocenters. The minimum Gasteiger partial charge on any atom is -0.383 e. The molecule has 0 radical (unpaired) electrons. The molecule has 1 heterocycles. The lowest BCUT2D eigenvalue weighted by atomic mass is 10.2. The summed E-state index contributed by atoms with van der Waals surface area (Å²) in [5.41, 5.74) is 5.27. The molecule has 0 atom stereocenters. The Balaban J connectivity index is 3.06. The smallest absolute Gasteiger partial charge is 0.259 e. The van der Waals surface area contributed by atoms with Gasteiger partial charge in [-0.05, 0) is 6.07 Å². The monoisotopic (exact) mass is 233 g/mol. The summed E-state index contributed by atoms with van der Waals surface area (Å²) in [6, 6.07) is 4.40. The van der Waals surface area contributed by atoms with Crippen LogP contribution in [0.4, 0.5) is 10.2 Å². The molecule has 86 valence electrons. The number of pyridine rings is 1. The number of hydrogen-bond donors (Lipinski definition) is 1. The number of nitrogens with zero attached hydrogens (tertiary/aromatic N) is 4. The Kier molecular flexibility index (Phi) is 3.96. The minimum atomic E-state index is -0.712. The van der Waals surface area contributed by atoms with E-state index in [1.165, 1.54) is 0 Å². The van der Waals surface area contributed by atoms with Crippen LogP contribution in [0.15, 0.2) is 12.3 Å². The van der Waals surface area contributed by atoms with Crippen LogP contribution >= 0.6 is 0 Å². The van der Waals surface area contributed by atoms with Crippen molar-refractivity contribution in [1.29, 1.82) is 10.5 Å². The molecule has 0 spiro atoms. The van der Waals surface area contributed by atoms with E-state index in [1.807, 2.05) is 0 Å². The molecule has 0 aromatic carbocycles. The summed E-state index contributed by atoms with van der Waals surface area (Å²) in [5, 5.41) is 17.0. The maximum atomic E-state index is 12.9. The van der Waals surface area contributed by atoms with Gasteiger partial charge in [-0.15, -0.1) is 0 Å². The number of hydrogen-bond acceptors (Lipinski definition) is 5. The zero-order chi connectivity index (χ0) is 12.8. The van der Waals surface area contributed by atoms with Crippen LogP contribution in [0.3, 0.4) is 0 Å². The quantitative estimate of drug-likeness (QED) is 0.755. The summed E-state index contributed by atoms with van der Waals surface area (Å²) in [7, 11) is 0. The van der Waals surface area contributed by atoms with Crippen molar-refractivity contribution in [3.05, 3.63) is 23.6 Å². The summed E-state index contributed by atoms with van der Waals surface area (Å²) < 4.78 is 12.9. The van der Waals surface area contributed by atoms with E-state index in [9.17, 15) is 9.18 Å². The van der Waals surface area contributed by atoms with Crippen LogP contribution in [-0.4, -0.2) is 28.9 Å². The van der Waals surface area contributed by atoms with E-state index in [2.05, 4.69) is 4.98 Å². The van der Waals surface area contributed by atoms with Crippen molar-refractivity contribution < 1.29 is 9.18 Å². The average Bonchev–Trinajstić information content (AvgIpc) is 2.31. The number of carbonyl (C=O) groups is 1. The maximum absolute atomic E-state index is 12.9. The molecule has 0 bridgehead atoms. The molecule has 0 fully saturated rings. The predicted octanol–water partition coefficient (Wildman–Crippen LogP) is 0.292. The summed E-state index contributed by atoms with van der Waals surface area (Å²) in [4.78, 5) is 16.3. The molecule has 0 aliphatic carbocycles. The summed E-state index contributed by atoms with van der Waals surface area (Å²) in [6.45, 7) is -0.551. The van der Waals surface area contributed by atoms with Crippen LogP contribution in [0.25, 0.3) is 0 Å². The van der Waals surface area contributed by atoms with Crippen LogP contribution in [-0.2, 0) is 0 Å². The number of nitrogen functional groups attached to an aromatic ring is 1. The van der Waals surface area contributed by atoms with Crippen LogP contribution in [0.5, 0.6) is 0 Å². The second kappa shape index (κ2) is 5.42. The van der Waals surface area contributed by atoms with Gasteiger partial charge in [-0.25, -0.2) is 9.37 Å². The number of nitriles is 2. The summed E-state index contributed by atoms with van der Waals surface area (Å²) in [6.07, 6.45) is 0.880. The molecule has 1 aromatic heterocycles. The van der Waals surface area contributed by atoms with Gasteiger partial charge in [-0.1, -0.05) is 0 Å². The van der Waals surface area contributed by atoms with Gasteiger partial charge < -0.3 is 10.6 Å². The number of aromatic nitrogens is 1. The van der Waals surface area contributed by atoms with Crippen LogP contribution in [0.2, 0.25) is 0 Å². The standard InChI is InChI=1S/C10H8FN5O/c11-7-5-8(9(14)15-6-7)10(17)16(3-1-12)4-2-13/h5-6H,3-4H2,(H2,14,15). The largest absolute Gasteiger partial charge is 0.383 e. The number of nitrogens with two attached hydrogens (primary N) is 1. The van der Waals surface area contributed by atoms with E-state index in [0.717, 1.165) is 17.2 Å². The van der Waals surface area contributed by atoms with E-state index in [-0.39, 0.29) is 24.5 Å². The summed E-state index contributed by atoms with van der Waals surface area (Å²) in [5.74, 6) is -1.55.